The van der Waals surface area contributed by atoms with Crippen LogP contribution in [0.1, 0.15) is 55.9 Å². The summed E-state index contributed by atoms with van der Waals surface area (Å²) in [4.78, 5) is 31.6. The molecule has 1 aromatic carbocycles. The smallest absolute Gasteiger partial charge is 0.277 e. The summed E-state index contributed by atoms with van der Waals surface area (Å²) in [5.41, 5.74) is 0.925. The molecule has 2 amide bonds. The van der Waals surface area contributed by atoms with E-state index < -0.39 is 5.54 Å². The topological polar surface area (TPSA) is 67.2 Å². The fourth-order valence-electron chi connectivity index (χ4n) is 5.04. The normalized spacial score (nSPS) is 21.2. The van der Waals surface area contributed by atoms with E-state index in [9.17, 15) is 9.59 Å². The molecule has 3 heterocycles. The molecule has 8 heteroatoms. The number of hydrogen-bond acceptors (Lipinski definition) is 5. The van der Waals surface area contributed by atoms with Gasteiger partial charge in [-0.05, 0) is 61.7 Å². The maximum absolute atomic E-state index is 13.9. The SMILES string of the molecule is CSc1cccc(N2C(=O)c3cc(-c4cccs4)nn3C[C@@]2(C)C(=O)NC2CCCCCC2)c1. The Hall–Kier alpha value is -2.58. The number of nitrogens with zero attached hydrogens (tertiary/aromatic N) is 3. The second kappa shape index (κ2) is 9.58. The lowest BCUT2D eigenvalue weighted by atomic mass is 9.93. The number of anilines is 1. The van der Waals surface area contributed by atoms with Crippen molar-refractivity contribution in [3.05, 3.63) is 53.5 Å². The summed E-state index contributed by atoms with van der Waals surface area (Å²) in [6.07, 6.45) is 8.70. The molecule has 3 aromatic rings. The van der Waals surface area contributed by atoms with Crippen LogP contribution in [-0.2, 0) is 11.3 Å². The van der Waals surface area contributed by atoms with Gasteiger partial charge in [-0.1, -0.05) is 37.8 Å². The molecule has 1 N–H and O–H groups in total. The fraction of sp³-hybridized carbons (Fsp3) is 0.423. The first-order valence-corrected chi connectivity index (χ1v) is 14.0. The van der Waals surface area contributed by atoms with Crippen molar-refractivity contribution in [3.63, 3.8) is 0 Å². The van der Waals surface area contributed by atoms with Gasteiger partial charge in [0.2, 0.25) is 5.91 Å². The molecular weight excluding hydrogens is 464 g/mol. The van der Waals surface area contributed by atoms with Crippen molar-refractivity contribution >= 4 is 40.6 Å². The van der Waals surface area contributed by atoms with Crippen LogP contribution in [0, 0.1) is 0 Å². The van der Waals surface area contributed by atoms with Crippen molar-refractivity contribution in [2.75, 3.05) is 11.2 Å². The number of carbonyl (C=O) groups is 2. The lowest BCUT2D eigenvalue weighted by molar-refractivity contribution is -0.127. The zero-order valence-electron chi connectivity index (χ0n) is 19.6. The van der Waals surface area contributed by atoms with Crippen LogP contribution in [0.3, 0.4) is 0 Å². The van der Waals surface area contributed by atoms with Gasteiger partial charge in [0.1, 0.15) is 16.9 Å². The first-order chi connectivity index (χ1) is 16.5. The largest absolute Gasteiger partial charge is 0.351 e. The number of benzene rings is 1. The summed E-state index contributed by atoms with van der Waals surface area (Å²) in [6, 6.07) is 13.9. The van der Waals surface area contributed by atoms with Crippen LogP contribution in [0.2, 0.25) is 0 Å². The highest BCUT2D eigenvalue weighted by molar-refractivity contribution is 7.98. The van der Waals surface area contributed by atoms with Crippen LogP contribution in [0.5, 0.6) is 0 Å². The van der Waals surface area contributed by atoms with Gasteiger partial charge in [-0.15, -0.1) is 23.1 Å². The highest BCUT2D eigenvalue weighted by atomic mass is 32.2. The summed E-state index contributed by atoms with van der Waals surface area (Å²) in [5.74, 6) is -0.306. The zero-order valence-corrected chi connectivity index (χ0v) is 21.3. The Bertz CT molecular complexity index is 1180. The summed E-state index contributed by atoms with van der Waals surface area (Å²) < 4.78 is 1.72. The van der Waals surface area contributed by atoms with E-state index in [4.69, 9.17) is 5.10 Å². The van der Waals surface area contributed by atoms with Crippen LogP contribution in [0.25, 0.3) is 10.6 Å². The number of carbonyl (C=O) groups excluding carboxylic acids is 2. The maximum Gasteiger partial charge on any atom is 0.277 e. The molecular formula is C26H30N4O2S2. The standard InChI is InChI=1S/C26H30N4O2S2/c1-26(25(32)27-18-9-5-3-4-6-10-18)17-29-22(16-21(28-29)23-13-8-14-34-23)24(31)30(26)19-11-7-12-20(15-19)33-2/h7-8,11-16,18H,3-6,9-10,17H2,1-2H3,(H,27,32)/t26-/m0/s1. The molecule has 0 unspecified atom stereocenters. The zero-order chi connectivity index (χ0) is 23.7. The molecule has 0 bridgehead atoms. The monoisotopic (exact) mass is 494 g/mol. The molecule has 0 saturated heterocycles. The molecule has 1 fully saturated rings. The van der Waals surface area contributed by atoms with Gasteiger partial charge in [0.25, 0.3) is 5.91 Å². The Kier molecular flexibility index (Phi) is 6.53. The van der Waals surface area contributed by atoms with Gasteiger partial charge in [-0.2, -0.15) is 5.10 Å². The average molecular weight is 495 g/mol. The minimum Gasteiger partial charge on any atom is -0.351 e. The number of fused-ring (bicyclic) bond motifs is 1. The second-order valence-corrected chi connectivity index (χ2v) is 11.2. The third kappa shape index (κ3) is 4.29. The third-order valence-electron chi connectivity index (χ3n) is 6.92. The highest BCUT2D eigenvalue weighted by Crippen LogP contribution is 2.36. The fourth-order valence-corrected chi connectivity index (χ4v) is 6.18. The number of thioether (sulfide) groups is 1. The average Bonchev–Trinajstić information content (AvgIpc) is 3.45. The Morgan fingerprint density at radius 3 is 2.65 bits per heavy atom. The van der Waals surface area contributed by atoms with Crippen molar-refractivity contribution in [3.8, 4) is 10.6 Å². The summed E-state index contributed by atoms with van der Waals surface area (Å²) >= 11 is 3.21. The van der Waals surface area contributed by atoms with Crippen molar-refractivity contribution in [2.45, 2.75) is 68.5 Å². The number of thiophene rings is 1. The second-order valence-electron chi connectivity index (χ2n) is 9.33. The molecule has 1 saturated carbocycles. The van der Waals surface area contributed by atoms with Gasteiger partial charge in [0, 0.05) is 16.6 Å². The molecule has 2 aromatic heterocycles. The quantitative estimate of drug-likeness (QED) is 0.371. The molecule has 34 heavy (non-hydrogen) atoms. The Labute approximate surface area is 208 Å². The van der Waals surface area contributed by atoms with Crippen LogP contribution in [0.4, 0.5) is 5.69 Å². The molecule has 1 atom stereocenters. The van der Waals surface area contributed by atoms with Crippen molar-refractivity contribution in [2.24, 2.45) is 0 Å². The van der Waals surface area contributed by atoms with E-state index in [1.807, 2.05) is 61.0 Å². The van der Waals surface area contributed by atoms with E-state index in [0.29, 0.717) is 12.2 Å². The van der Waals surface area contributed by atoms with Crippen molar-refractivity contribution in [1.82, 2.24) is 15.1 Å². The minimum atomic E-state index is -1.09. The molecule has 1 aliphatic carbocycles. The third-order valence-corrected chi connectivity index (χ3v) is 8.54. The number of aromatic nitrogens is 2. The Morgan fingerprint density at radius 2 is 1.94 bits per heavy atom. The number of amides is 2. The van der Waals surface area contributed by atoms with Crippen LogP contribution < -0.4 is 10.2 Å². The number of nitrogens with one attached hydrogen (secondary N) is 1. The van der Waals surface area contributed by atoms with Crippen molar-refractivity contribution in [1.29, 1.82) is 0 Å². The van der Waals surface area contributed by atoms with E-state index >= 15 is 0 Å². The molecule has 1 aliphatic heterocycles. The lowest BCUT2D eigenvalue weighted by Crippen LogP contribution is -2.65. The van der Waals surface area contributed by atoms with E-state index in [2.05, 4.69) is 5.32 Å². The van der Waals surface area contributed by atoms with E-state index in [1.54, 1.807) is 32.7 Å². The first kappa shape index (κ1) is 23.2. The van der Waals surface area contributed by atoms with Crippen LogP contribution in [0.15, 0.2) is 52.7 Å². The molecule has 0 spiro atoms. The van der Waals surface area contributed by atoms with Crippen LogP contribution in [-0.4, -0.2) is 39.4 Å². The molecule has 5 rings (SSSR count). The molecule has 178 valence electrons. The van der Waals surface area contributed by atoms with Gasteiger partial charge >= 0.3 is 0 Å². The highest BCUT2D eigenvalue weighted by Gasteiger charge is 2.49. The van der Waals surface area contributed by atoms with E-state index in [-0.39, 0.29) is 17.9 Å². The van der Waals surface area contributed by atoms with Gasteiger partial charge in [-0.25, -0.2) is 0 Å². The van der Waals surface area contributed by atoms with E-state index in [1.165, 1.54) is 12.8 Å². The van der Waals surface area contributed by atoms with Gasteiger partial charge in [0.05, 0.1) is 11.4 Å². The minimum absolute atomic E-state index is 0.110. The molecule has 2 aliphatic rings. The summed E-state index contributed by atoms with van der Waals surface area (Å²) in [5, 5.41) is 10.0. The number of rotatable bonds is 5. The predicted molar refractivity (Wildman–Crippen MR) is 139 cm³/mol. The Balaban J connectivity index is 1.55. The molecule has 0 radical (unpaired) electrons. The van der Waals surface area contributed by atoms with Gasteiger partial charge in [-0.3, -0.25) is 19.2 Å². The maximum atomic E-state index is 13.9. The Morgan fingerprint density at radius 1 is 1.15 bits per heavy atom. The summed E-state index contributed by atoms with van der Waals surface area (Å²) in [7, 11) is 0. The number of hydrogen-bond donors (Lipinski definition) is 1. The van der Waals surface area contributed by atoms with Crippen molar-refractivity contribution < 1.29 is 9.59 Å². The predicted octanol–water partition coefficient (Wildman–Crippen LogP) is 5.59. The summed E-state index contributed by atoms with van der Waals surface area (Å²) in [6.45, 7) is 2.18. The molecule has 6 nitrogen and oxygen atoms in total. The van der Waals surface area contributed by atoms with Gasteiger partial charge in [0.15, 0.2) is 0 Å². The lowest BCUT2D eigenvalue weighted by Gasteiger charge is -2.43. The first-order valence-electron chi connectivity index (χ1n) is 11.9. The van der Waals surface area contributed by atoms with Crippen LogP contribution >= 0.6 is 23.1 Å². The van der Waals surface area contributed by atoms with Gasteiger partial charge < -0.3 is 5.32 Å². The van der Waals surface area contributed by atoms with E-state index in [0.717, 1.165) is 46.8 Å².